The molecule has 31 heavy (non-hydrogen) atoms. The summed E-state index contributed by atoms with van der Waals surface area (Å²) in [6, 6.07) is 14.8. The van der Waals surface area contributed by atoms with Crippen molar-refractivity contribution in [3.05, 3.63) is 86.0 Å². The Kier molecular flexibility index (Phi) is 6.49. The van der Waals surface area contributed by atoms with Gasteiger partial charge in [-0.2, -0.15) is 5.10 Å². The van der Waals surface area contributed by atoms with E-state index in [2.05, 4.69) is 5.10 Å². The highest BCUT2D eigenvalue weighted by atomic mass is 35.5. The lowest BCUT2D eigenvalue weighted by atomic mass is 9.95. The molecular weight excluding hydrogens is 435 g/mol. The Morgan fingerprint density at radius 2 is 1.81 bits per heavy atom. The highest BCUT2D eigenvalue weighted by Crippen LogP contribution is 2.29. The first-order valence-corrected chi connectivity index (χ1v) is 11.2. The molecule has 0 N–H and O–H groups in total. The Hall–Kier alpha value is -2.57. The van der Waals surface area contributed by atoms with Crippen molar-refractivity contribution in [2.45, 2.75) is 38.8 Å². The van der Waals surface area contributed by atoms with Crippen LogP contribution in [0.3, 0.4) is 0 Å². The fraction of sp³-hybridized carbons (Fsp3) is 0.348. The van der Waals surface area contributed by atoms with Crippen molar-refractivity contribution in [1.29, 1.82) is 0 Å². The first-order chi connectivity index (χ1) is 15.0. The van der Waals surface area contributed by atoms with Gasteiger partial charge in [-0.3, -0.25) is 9.36 Å². The van der Waals surface area contributed by atoms with Gasteiger partial charge in [0.25, 0.3) is 5.91 Å². The summed E-state index contributed by atoms with van der Waals surface area (Å²) < 4.78 is 3.29. The Morgan fingerprint density at radius 1 is 1.10 bits per heavy atom. The Balaban J connectivity index is 1.49. The molecule has 0 radical (unpaired) electrons. The number of amides is 1. The predicted molar refractivity (Wildman–Crippen MR) is 122 cm³/mol. The van der Waals surface area contributed by atoms with Crippen LogP contribution in [0.5, 0.6) is 0 Å². The minimum Gasteiger partial charge on any atom is -0.339 e. The number of hydrogen-bond donors (Lipinski definition) is 0. The zero-order valence-corrected chi connectivity index (χ0v) is 18.8. The quantitative estimate of drug-likeness (QED) is 0.567. The van der Waals surface area contributed by atoms with Crippen LogP contribution in [0.25, 0.3) is 0 Å². The third kappa shape index (κ3) is 4.55. The van der Waals surface area contributed by atoms with Gasteiger partial charge < -0.3 is 4.90 Å². The van der Waals surface area contributed by atoms with E-state index >= 15 is 0 Å². The molecule has 162 valence electrons. The lowest BCUT2D eigenvalue weighted by Crippen LogP contribution is -2.38. The number of aromatic nitrogens is 3. The van der Waals surface area contributed by atoms with E-state index in [0.717, 1.165) is 24.2 Å². The third-order valence-electron chi connectivity index (χ3n) is 5.75. The normalized spacial score (nSPS) is 14.7. The van der Waals surface area contributed by atoms with Crippen LogP contribution in [0, 0.1) is 0 Å². The lowest BCUT2D eigenvalue weighted by molar-refractivity contribution is 0.0710. The average Bonchev–Trinajstić information content (AvgIpc) is 3.11. The minimum absolute atomic E-state index is 0.0921. The van der Waals surface area contributed by atoms with Crippen molar-refractivity contribution in [1.82, 2.24) is 19.2 Å². The SMILES string of the molecule is CCn1c(C2CCN(C(=O)c3cc(Cl)ccc3Cl)CC2)nn(Cc2ccccc2)c1=O. The molecule has 1 fully saturated rings. The number of carbonyl (C=O) groups excluding carboxylic acids is 1. The van der Waals surface area contributed by atoms with Crippen molar-refractivity contribution < 1.29 is 4.79 Å². The fourth-order valence-electron chi connectivity index (χ4n) is 4.09. The number of hydrogen-bond acceptors (Lipinski definition) is 3. The molecule has 1 aliphatic heterocycles. The lowest BCUT2D eigenvalue weighted by Gasteiger charge is -2.31. The molecule has 6 nitrogen and oxygen atoms in total. The molecular formula is C23H24Cl2N4O2. The summed E-state index contributed by atoms with van der Waals surface area (Å²) in [6.07, 6.45) is 1.48. The van der Waals surface area contributed by atoms with Crippen LogP contribution in [0.1, 0.15) is 47.4 Å². The van der Waals surface area contributed by atoms with E-state index in [9.17, 15) is 9.59 Å². The summed E-state index contributed by atoms with van der Waals surface area (Å²) in [5.41, 5.74) is 1.37. The molecule has 8 heteroatoms. The molecule has 0 aliphatic carbocycles. The average molecular weight is 459 g/mol. The maximum absolute atomic E-state index is 12.9. The number of halogens is 2. The molecule has 3 aromatic rings. The molecule has 1 amide bonds. The summed E-state index contributed by atoms with van der Waals surface area (Å²) in [4.78, 5) is 27.6. The van der Waals surface area contributed by atoms with E-state index in [0.29, 0.717) is 41.8 Å². The van der Waals surface area contributed by atoms with Gasteiger partial charge in [0.05, 0.1) is 17.1 Å². The maximum Gasteiger partial charge on any atom is 0.346 e. The number of rotatable bonds is 5. The Labute approximate surface area is 191 Å². The van der Waals surface area contributed by atoms with Crippen LogP contribution in [-0.4, -0.2) is 38.2 Å². The zero-order chi connectivity index (χ0) is 22.0. The van der Waals surface area contributed by atoms with E-state index in [1.165, 1.54) is 4.68 Å². The molecule has 2 heterocycles. The summed E-state index contributed by atoms with van der Waals surface area (Å²) in [7, 11) is 0. The van der Waals surface area contributed by atoms with Gasteiger partial charge in [0, 0.05) is 30.6 Å². The highest BCUT2D eigenvalue weighted by Gasteiger charge is 2.29. The number of likely N-dealkylation sites (tertiary alicyclic amines) is 1. The topological polar surface area (TPSA) is 60.1 Å². The number of benzene rings is 2. The molecule has 0 unspecified atom stereocenters. The predicted octanol–water partition coefficient (Wildman–Crippen LogP) is 4.44. The van der Waals surface area contributed by atoms with Crippen molar-refractivity contribution in [2.24, 2.45) is 0 Å². The molecule has 0 bridgehead atoms. The second-order valence-electron chi connectivity index (χ2n) is 7.72. The van der Waals surface area contributed by atoms with Crippen LogP contribution in [0.2, 0.25) is 10.0 Å². The van der Waals surface area contributed by atoms with Gasteiger partial charge in [-0.15, -0.1) is 0 Å². The van der Waals surface area contributed by atoms with Gasteiger partial charge in [-0.05, 0) is 43.5 Å². The Bertz CT molecular complexity index is 1130. The van der Waals surface area contributed by atoms with Crippen LogP contribution < -0.4 is 5.69 Å². The molecule has 1 aliphatic rings. The number of piperidine rings is 1. The van der Waals surface area contributed by atoms with Gasteiger partial charge in [0.1, 0.15) is 5.82 Å². The van der Waals surface area contributed by atoms with E-state index < -0.39 is 0 Å². The van der Waals surface area contributed by atoms with Crippen LogP contribution in [0.4, 0.5) is 0 Å². The fourth-order valence-corrected chi connectivity index (χ4v) is 4.46. The van der Waals surface area contributed by atoms with Crippen molar-refractivity contribution in [3.8, 4) is 0 Å². The second-order valence-corrected chi connectivity index (χ2v) is 8.56. The smallest absolute Gasteiger partial charge is 0.339 e. The molecule has 1 saturated heterocycles. The van der Waals surface area contributed by atoms with E-state index in [-0.39, 0.29) is 17.5 Å². The third-order valence-corrected chi connectivity index (χ3v) is 6.31. The van der Waals surface area contributed by atoms with Crippen molar-refractivity contribution >= 4 is 29.1 Å². The van der Waals surface area contributed by atoms with Crippen LogP contribution >= 0.6 is 23.2 Å². The van der Waals surface area contributed by atoms with Crippen molar-refractivity contribution in [3.63, 3.8) is 0 Å². The summed E-state index contributed by atoms with van der Waals surface area (Å²) >= 11 is 12.2. The number of carbonyl (C=O) groups is 1. The van der Waals surface area contributed by atoms with Crippen LogP contribution in [-0.2, 0) is 13.1 Å². The van der Waals surface area contributed by atoms with Crippen LogP contribution in [0.15, 0.2) is 53.3 Å². The van der Waals surface area contributed by atoms with Gasteiger partial charge >= 0.3 is 5.69 Å². The molecule has 1 aromatic heterocycles. The van der Waals surface area contributed by atoms with E-state index in [1.54, 1.807) is 27.7 Å². The minimum atomic E-state index is -0.117. The number of nitrogens with zero attached hydrogens (tertiary/aromatic N) is 4. The van der Waals surface area contributed by atoms with Gasteiger partial charge in [0.2, 0.25) is 0 Å². The first kappa shape index (κ1) is 21.7. The van der Waals surface area contributed by atoms with Crippen molar-refractivity contribution in [2.75, 3.05) is 13.1 Å². The van der Waals surface area contributed by atoms with Gasteiger partial charge in [0.15, 0.2) is 0 Å². The maximum atomic E-state index is 12.9. The van der Waals surface area contributed by atoms with E-state index in [1.807, 2.05) is 37.3 Å². The first-order valence-electron chi connectivity index (χ1n) is 10.4. The zero-order valence-electron chi connectivity index (χ0n) is 17.3. The monoisotopic (exact) mass is 458 g/mol. The van der Waals surface area contributed by atoms with Gasteiger partial charge in [-0.1, -0.05) is 53.5 Å². The highest BCUT2D eigenvalue weighted by molar-refractivity contribution is 6.35. The van der Waals surface area contributed by atoms with Gasteiger partial charge in [-0.25, -0.2) is 9.48 Å². The molecule has 0 atom stereocenters. The summed E-state index contributed by atoms with van der Waals surface area (Å²) in [6.45, 7) is 4.13. The molecule has 0 spiro atoms. The van der Waals surface area contributed by atoms with E-state index in [4.69, 9.17) is 23.2 Å². The summed E-state index contributed by atoms with van der Waals surface area (Å²) in [5, 5.41) is 5.56. The molecule has 0 saturated carbocycles. The largest absolute Gasteiger partial charge is 0.346 e. The molecule has 2 aromatic carbocycles. The second kappa shape index (κ2) is 9.28. The molecule has 4 rings (SSSR count). The Morgan fingerprint density at radius 3 is 2.48 bits per heavy atom. The summed E-state index contributed by atoms with van der Waals surface area (Å²) in [5.74, 6) is 0.813. The standard InChI is InChI=1S/C23H24Cl2N4O2/c1-2-28-21(26-29(23(28)31)15-16-6-4-3-5-7-16)17-10-12-27(13-11-17)22(30)19-14-18(24)8-9-20(19)25/h3-9,14,17H,2,10-13,15H2,1H3.